The SMILES string of the molecule is CC/C=C\C/C=C\C/C=C\C/C=C\CCCCCCCCC(=O)OCC(COC(=O)CCCCCCCCC/C=C\C/C=C\CCCCC)OC(=O)CCCCCCCCCCC/C=C\C/C=C\C/C=C\CC. The number of carbonyl (C=O) groups is 3. The highest BCUT2D eigenvalue weighted by atomic mass is 16.6. The molecule has 0 aliphatic heterocycles. The minimum absolute atomic E-state index is 0.0900. The van der Waals surface area contributed by atoms with Gasteiger partial charge in [-0.3, -0.25) is 14.4 Å². The molecule has 0 N–H and O–H groups in total. The standard InChI is InChI=1S/C67H112O6/c1-4-7-10-13-16-19-22-25-28-31-33-36-39-42-45-48-51-54-57-60-66(69)72-63-64(62-71-65(68)59-56-53-50-47-44-41-38-35-30-27-24-21-18-15-12-9-6-3)73-67(70)61-58-55-52-49-46-43-40-37-34-32-29-26-23-20-17-14-11-8-5-2/h7-8,10-11,16-21,25-30,33,36,64H,4-6,9,12-15,22-24,31-32,34-35,37-63H2,1-3H3/b10-7-,11-8-,19-16-,20-17-,21-18-,28-25-,29-26-,30-27-,36-33-. The Morgan fingerprint density at radius 2 is 0.534 bits per heavy atom. The molecule has 6 nitrogen and oxygen atoms in total. The van der Waals surface area contributed by atoms with E-state index in [0.29, 0.717) is 19.3 Å². The largest absolute Gasteiger partial charge is 0.462 e. The van der Waals surface area contributed by atoms with E-state index >= 15 is 0 Å². The maximum absolute atomic E-state index is 12.9. The summed E-state index contributed by atoms with van der Waals surface area (Å²) in [5.74, 6) is -0.912. The maximum Gasteiger partial charge on any atom is 0.306 e. The molecule has 0 saturated carbocycles. The summed E-state index contributed by atoms with van der Waals surface area (Å²) in [6.45, 7) is 6.38. The third-order valence-electron chi connectivity index (χ3n) is 12.7. The van der Waals surface area contributed by atoms with Crippen molar-refractivity contribution in [2.24, 2.45) is 0 Å². The predicted octanol–water partition coefficient (Wildman–Crippen LogP) is 20.7. The van der Waals surface area contributed by atoms with Crippen molar-refractivity contribution >= 4 is 17.9 Å². The minimum atomic E-state index is -0.794. The summed E-state index contributed by atoms with van der Waals surface area (Å²) in [5, 5.41) is 0. The van der Waals surface area contributed by atoms with E-state index < -0.39 is 6.10 Å². The summed E-state index contributed by atoms with van der Waals surface area (Å²) in [6.07, 6.45) is 82.2. The van der Waals surface area contributed by atoms with Gasteiger partial charge in [-0.25, -0.2) is 0 Å². The van der Waals surface area contributed by atoms with Crippen molar-refractivity contribution in [1.29, 1.82) is 0 Å². The third kappa shape index (κ3) is 58.8. The van der Waals surface area contributed by atoms with Crippen LogP contribution in [0.25, 0.3) is 0 Å². The fraction of sp³-hybridized carbons (Fsp3) is 0.687. The van der Waals surface area contributed by atoms with E-state index in [4.69, 9.17) is 14.2 Å². The molecular formula is C67H112O6. The van der Waals surface area contributed by atoms with Crippen molar-refractivity contribution in [3.05, 3.63) is 109 Å². The van der Waals surface area contributed by atoms with Crippen molar-refractivity contribution in [3.63, 3.8) is 0 Å². The van der Waals surface area contributed by atoms with E-state index in [1.807, 2.05) is 0 Å². The number of esters is 3. The van der Waals surface area contributed by atoms with Crippen LogP contribution in [0.4, 0.5) is 0 Å². The normalized spacial score (nSPS) is 12.9. The van der Waals surface area contributed by atoms with E-state index in [0.717, 1.165) is 135 Å². The molecule has 6 heteroatoms. The lowest BCUT2D eigenvalue weighted by Gasteiger charge is -2.18. The number of allylic oxidation sites excluding steroid dienone is 18. The van der Waals surface area contributed by atoms with E-state index in [9.17, 15) is 14.4 Å². The number of carbonyl (C=O) groups excluding carboxylic acids is 3. The third-order valence-corrected chi connectivity index (χ3v) is 12.7. The lowest BCUT2D eigenvalue weighted by Crippen LogP contribution is -2.30. The molecule has 0 heterocycles. The molecule has 0 radical (unpaired) electrons. The van der Waals surface area contributed by atoms with Crippen molar-refractivity contribution in [2.45, 2.75) is 284 Å². The summed E-state index contributed by atoms with van der Waals surface area (Å²) < 4.78 is 16.9. The predicted molar refractivity (Wildman–Crippen MR) is 316 cm³/mol. The molecule has 0 aliphatic rings. The zero-order chi connectivity index (χ0) is 52.9. The summed E-state index contributed by atoms with van der Waals surface area (Å²) in [7, 11) is 0. The van der Waals surface area contributed by atoms with Gasteiger partial charge >= 0.3 is 17.9 Å². The van der Waals surface area contributed by atoms with E-state index in [-0.39, 0.29) is 31.1 Å². The van der Waals surface area contributed by atoms with Crippen LogP contribution in [0.1, 0.15) is 278 Å². The molecule has 0 spiro atoms. The van der Waals surface area contributed by atoms with Gasteiger partial charge in [0.15, 0.2) is 6.10 Å². The first-order valence-corrected chi connectivity index (χ1v) is 30.4. The van der Waals surface area contributed by atoms with Crippen LogP contribution in [-0.2, 0) is 28.6 Å². The molecule has 0 aromatic carbocycles. The maximum atomic E-state index is 12.9. The monoisotopic (exact) mass is 1010 g/mol. The van der Waals surface area contributed by atoms with Crippen LogP contribution in [0.15, 0.2) is 109 Å². The number of hydrogen-bond donors (Lipinski definition) is 0. The van der Waals surface area contributed by atoms with Crippen LogP contribution < -0.4 is 0 Å². The molecule has 416 valence electrons. The van der Waals surface area contributed by atoms with Crippen molar-refractivity contribution in [1.82, 2.24) is 0 Å². The second-order valence-electron chi connectivity index (χ2n) is 19.8. The Labute approximate surface area is 450 Å². The molecule has 0 amide bonds. The molecule has 0 aromatic rings. The molecule has 0 rings (SSSR count). The molecule has 1 atom stereocenters. The summed E-state index contributed by atoms with van der Waals surface area (Å²) >= 11 is 0. The van der Waals surface area contributed by atoms with E-state index in [1.54, 1.807) is 0 Å². The molecule has 0 bridgehead atoms. The summed E-state index contributed by atoms with van der Waals surface area (Å²) in [6, 6.07) is 0. The van der Waals surface area contributed by atoms with Crippen LogP contribution in [0.3, 0.4) is 0 Å². The highest BCUT2D eigenvalue weighted by Crippen LogP contribution is 2.15. The lowest BCUT2D eigenvalue weighted by molar-refractivity contribution is -0.167. The fourth-order valence-electron chi connectivity index (χ4n) is 8.24. The van der Waals surface area contributed by atoms with Gasteiger partial charge in [0.25, 0.3) is 0 Å². The highest BCUT2D eigenvalue weighted by Gasteiger charge is 2.19. The zero-order valence-corrected chi connectivity index (χ0v) is 47.6. The molecule has 73 heavy (non-hydrogen) atoms. The number of hydrogen-bond acceptors (Lipinski definition) is 6. The average Bonchev–Trinajstić information content (AvgIpc) is 3.39. The van der Waals surface area contributed by atoms with Crippen molar-refractivity contribution in [2.75, 3.05) is 13.2 Å². The topological polar surface area (TPSA) is 78.9 Å². The van der Waals surface area contributed by atoms with Crippen LogP contribution >= 0.6 is 0 Å². The van der Waals surface area contributed by atoms with Crippen molar-refractivity contribution < 1.29 is 28.6 Å². The quantitative estimate of drug-likeness (QED) is 0.0261. The lowest BCUT2D eigenvalue weighted by atomic mass is 10.1. The Hall–Kier alpha value is -3.93. The molecule has 1 unspecified atom stereocenters. The Balaban J connectivity index is 4.44. The Morgan fingerprint density at radius 1 is 0.288 bits per heavy atom. The number of rotatable bonds is 54. The first-order chi connectivity index (χ1) is 36.0. The number of ether oxygens (including phenoxy) is 3. The van der Waals surface area contributed by atoms with Crippen LogP contribution in [0.2, 0.25) is 0 Å². The highest BCUT2D eigenvalue weighted by molar-refractivity contribution is 5.71. The molecular weight excluding hydrogens is 901 g/mol. The summed E-state index contributed by atoms with van der Waals surface area (Å²) in [4.78, 5) is 38.3. The smallest absolute Gasteiger partial charge is 0.306 e. The first-order valence-electron chi connectivity index (χ1n) is 30.4. The van der Waals surface area contributed by atoms with Crippen molar-refractivity contribution in [3.8, 4) is 0 Å². The Morgan fingerprint density at radius 3 is 0.836 bits per heavy atom. The second kappa shape index (κ2) is 60.6. The average molecular weight is 1010 g/mol. The van der Waals surface area contributed by atoms with Gasteiger partial charge in [-0.2, -0.15) is 0 Å². The van der Waals surface area contributed by atoms with Gasteiger partial charge < -0.3 is 14.2 Å². The van der Waals surface area contributed by atoms with Gasteiger partial charge in [-0.1, -0.05) is 246 Å². The fourth-order valence-corrected chi connectivity index (χ4v) is 8.24. The summed E-state index contributed by atoms with van der Waals surface area (Å²) in [5.41, 5.74) is 0. The van der Waals surface area contributed by atoms with Crippen LogP contribution in [-0.4, -0.2) is 37.2 Å². The van der Waals surface area contributed by atoms with Gasteiger partial charge in [0.05, 0.1) is 0 Å². The zero-order valence-electron chi connectivity index (χ0n) is 47.6. The second-order valence-corrected chi connectivity index (χ2v) is 19.8. The molecule has 0 aliphatic carbocycles. The Kier molecular flexibility index (Phi) is 57.4. The van der Waals surface area contributed by atoms with Gasteiger partial charge in [0, 0.05) is 19.3 Å². The number of unbranched alkanes of at least 4 members (excludes halogenated alkanes) is 25. The molecule has 0 saturated heterocycles. The van der Waals surface area contributed by atoms with Crippen LogP contribution in [0, 0.1) is 0 Å². The first kappa shape index (κ1) is 69.1. The van der Waals surface area contributed by atoms with Gasteiger partial charge in [-0.15, -0.1) is 0 Å². The molecule has 0 fully saturated rings. The minimum Gasteiger partial charge on any atom is -0.462 e. The van der Waals surface area contributed by atoms with E-state index in [1.165, 1.54) is 103 Å². The van der Waals surface area contributed by atoms with Gasteiger partial charge in [-0.05, 0) is 122 Å². The van der Waals surface area contributed by atoms with Gasteiger partial charge in [0.2, 0.25) is 0 Å². The van der Waals surface area contributed by atoms with Gasteiger partial charge in [0.1, 0.15) is 13.2 Å². The van der Waals surface area contributed by atoms with Crippen LogP contribution in [0.5, 0.6) is 0 Å². The Bertz CT molecular complexity index is 1490. The molecule has 0 aromatic heterocycles. The van der Waals surface area contributed by atoms with E-state index in [2.05, 4.69) is 130 Å².